The number of nitriles is 1. The van der Waals surface area contributed by atoms with Gasteiger partial charge < -0.3 is 15.5 Å². The molecule has 1 fully saturated rings. The molecule has 2 N–H and O–H groups in total. The molecule has 28 heavy (non-hydrogen) atoms. The smallest absolute Gasteiger partial charge is 0.229 e. The molecule has 1 saturated heterocycles. The lowest BCUT2D eigenvalue weighted by atomic mass is 10.1. The number of benzene rings is 1. The van der Waals surface area contributed by atoms with Gasteiger partial charge in [0.2, 0.25) is 5.95 Å². The summed E-state index contributed by atoms with van der Waals surface area (Å²) in [5, 5.41) is 16.2. The number of nitrogens with zero attached hydrogens (tertiary/aromatic N) is 4. The van der Waals surface area contributed by atoms with E-state index in [1.165, 1.54) is 0 Å². The van der Waals surface area contributed by atoms with Gasteiger partial charge >= 0.3 is 0 Å². The molecule has 3 rings (SSSR count). The van der Waals surface area contributed by atoms with Crippen LogP contribution in [0, 0.1) is 18.3 Å². The molecule has 1 unspecified atom stereocenters. The van der Waals surface area contributed by atoms with Gasteiger partial charge in [-0.15, -0.1) is 0 Å². The van der Waals surface area contributed by atoms with Gasteiger partial charge in [0.05, 0.1) is 11.6 Å². The zero-order valence-electron chi connectivity index (χ0n) is 17.1. The highest BCUT2D eigenvalue weighted by Crippen LogP contribution is 2.24. The third kappa shape index (κ3) is 4.99. The van der Waals surface area contributed by atoms with Crippen molar-refractivity contribution in [2.75, 3.05) is 29.9 Å². The maximum absolute atomic E-state index is 9.28. The Kier molecular flexibility index (Phi) is 6.83. The van der Waals surface area contributed by atoms with Gasteiger partial charge in [0, 0.05) is 36.6 Å². The molecule has 1 aliphatic heterocycles. The zero-order chi connectivity index (χ0) is 19.9. The minimum atomic E-state index is 0.524. The van der Waals surface area contributed by atoms with E-state index >= 15 is 0 Å². The minimum absolute atomic E-state index is 0.524. The summed E-state index contributed by atoms with van der Waals surface area (Å²) in [7, 11) is 0. The minimum Gasteiger partial charge on any atom is -0.355 e. The van der Waals surface area contributed by atoms with Crippen LogP contribution >= 0.6 is 0 Å². The van der Waals surface area contributed by atoms with Crippen LogP contribution in [0.25, 0.3) is 0 Å². The number of nitrogens with one attached hydrogen (secondary N) is 2. The molecule has 1 atom stereocenters. The third-order valence-corrected chi connectivity index (χ3v) is 5.08. The normalized spacial score (nSPS) is 16.2. The Morgan fingerprint density at radius 1 is 1.21 bits per heavy atom. The fourth-order valence-corrected chi connectivity index (χ4v) is 3.52. The fraction of sp³-hybridized carbons (Fsp3) is 0.500. The lowest BCUT2D eigenvalue weighted by Gasteiger charge is -2.20. The van der Waals surface area contributed by atoms with E-state index < -0.39 is 0 Å². The van der Waals surface area contributed by atoms with Crippen molar-refractivity contribution in [3.8, 4) is 6.07 Å². The second-order valence-electron chi connectivity index (χ2n) is 7.44. The van der Waals surface area contributed by atoms with Crippen LogP contribution in [-0.2, 0) is 6.42 Å². The van der Waals surface area contributed by atoms with Crippen molar-refractivity contribution < 1.29 is 0 Å². The molecule has 1 aromatic carbocycles. The molecule has 0 spiro atoms. The SMILES string of the molecule is CCCNC1CCN(c2cc(CCC)nc(Nc3ccc(C)c(C#N)c3)n2)C1. The molecule has 0 aliphatic carbocycles. The number of aryl methyl sites for hydroxylation is 2. The van der Waals surface area contributed by atoms with Gasteiger partial charge in [0.15, 0.2) is 0 Å². The average Bonchev–Trinajstić information content (AvgIpc) is 3.17. The van der Waals surface area contributed by atoms with Crippen molar-refractivity contribution in [2.24, 2.45) is 0 Å². The standard InChI is InChI=1S/C22H30N6/c1-4-6-18-13-21(28-11-9-20(15-28)24-10-5-2)27-22(25-18)26-19-8-7-16(3)17(12-19)14-23/h7-8,12-13,20,24H,4-6,9-11,15H2,1-3H3,(H,25,26,27). The van der Waals surface area contributed by atoms with Crippen molar-refractivity contribution in [3.05, 3.63) is 41.1 Å². The van der Waals surface area contributed by atoms with E-state index in [1.807, 2.05) is 25.1 Å². The number of anilines is 3. The van der Waals surface area contributed by atoms with Crippen LogP contribution in [0.1, 0.15) is 49.9 Å². The lowest BCUT2D eigenvalue weighted by molar-refractivity contribution is 0.549. The first kappa shape index (κ1) is 20.1. The molecule has 0 amide bonds. The maximum atomic E-state index is 9.28. The molecule has 2 heterocycles. The van der Waals surface area contributed by atoms with Gasteiger partial charge in [-0.2, -0.15) is 10.2 Å². The number of rotatable bonds is 8. The van der Waals surface area contributed by atoms with Gasteiger partial charge in [0.25, 0.3) is 0 Å². The molecule has 0 radical (unpaired) electrons. The van der Waals surface area contributed by atoms with Crippen LogP contribution in [0.3, 0.4) is 0 Å². The summed E-state index contributed by atoms with van der Waals surface area (Å²) in [4.78, 5) is 11.8. The van der Waals surface area contributed by atoms with Crippen LogP contribution in [0.2, 0.25) is 0 Å². The molecule has 2 aromatic rings. The summed E-state index contributed by atoms with van der Waals surface area (Å²) < 4.78 is 0. The summed E-state index contributed by atoms with van der Waals surface area (Å²) >= 11 is 0. The Morgan fingerprint density at radius 3 is 2.82 bits per heavy atom. The summed E-state index contributed by atoms with van der Waals surface area (Å²) in [6.45, 7) is 9.34. The van der Waals surface area contributed by atoms with E-state index in [4.69, 9.17) is 4.98 Å². The first-order valence-electron chi connectivity index (χ1n) is 10.3. The van der Waals surface area contributed by atoms with Crippen molar-refractivity contribution in [3.63, 3.8) is 0 Å². The van der Waals surface area contributed by atoms with Crippen molar-refractivity contribution in [1.29, 1.82) is 5.26 Å². The molecule has 6 nitrogen and oxygen atoms in total. The van der Waals surface area contributed by atoms with Gasteiger partial charge in [-0.3, -0.25) is 0 Å². The van der Waals surface area contributed by atoms with E-state index in [0.717, 1.165) is 68.1 Å². The number of aromatic nitrogens is 2. The van der Waals surface area contributed by atoms with Crippen molar-refractivity contribution in [1.82, 2.24) is 15.3 Å². The molecular formula is C22H30N6. The highest BCUT2D eigenvalue weighted by Gasteiger charge is 2.23. The van der Waals surface area contributed by atoms with E-state index in [1.54, 1.807) is 0 Å². The van der Waals surface area contributed by atoms with Gasteiger partial charge in [-0.25, -0.2) is 4.98 Å². The predicted molar refractivity (Wildman–Crippen MR) is 114 cm³/mol. The molecule has 0 bridgehead atoms. The Balaban J connectivity index is 1.81. The third-order valence-electron chi connectivity index (χ3n) is 5.08. The Bertz CT molecular complexity index is 841. The monoisotopic (exact) mass is 378 g/mol. The Morgan fingerprint density at radius 2 is 2.07 bits per heavy atom. The van der Waals surface area contributed by atoms with Crippen LogP contribution in [0.5, 0.6) is 0 Å². The molecule has 1 aromatic heterocycles. The highest BCUT2D eigenvalue weighted by atomic mass is 15.3. The van der Waals surface area contributed by atoms with E-state index in [-0.39, 0.29) is 0 Å². The largest absolute Gasteiger partial charge is 0.355 e. The second-order valence-corrected chi connectivity index (χ2v) is 7.44. The Labute approximate surface area is 168 Å². The summed E-state index contributed by atoms with van der Waals surface area (Å²) in [5.41, 5.74) is 3.52. The molecular weight excluding hydrogens is 348 g/mol. The first-order valence-corrected chi connectivity index (χ1v) is 10.3. The van der Waals surface area contributed by atoms with E-state index in [2.05, 4.69) is 46.5 Å². The summed E-state index contributed by atoms with van der Waals surface area (Å²) in [6.07, 6.45) is 4.26. The highest BCUT2D eigenvalue weighted by molar-refractivity contribution is 5.59. The van der Waals surface area contributed by atoms with Crippen LogP contribution in [0.15, 0.2) is 24.3 Å². The second kappa shape index (κ2) is 9.52. The summed E-state index contributed by atoms with van der Waals surface area (Å²) in [5.74, 6) is 1.58. The summed E-state index contributed by atoms with van der Waals surface area (Å²) in [6, 6.07) is 10.6. The topological polar surface area (TPSA) is 76.9 Å². The van der Waals surface area contributed by atoms with Crippen LogP contribution in [-0.4, -0.2) is 35.6 Å². The van der Waals surface area contributed by atoms with Crippen molar-refractivity contribution in [2.45, 2.75) is 52.5 Å². The van der Waals surface area contributed by atoms with E-state index in [0.29, 0.717) is 17.6 Å². The van der Waals surface area contributed by atoms with Crippen molar-refractivity contribution >= 4 is 17.5 Å². The molecule has 0 saturated carbocycles. The van der Waals surface area contributed by atoms with Crippen LogP contribution < -0.4 is 15.5 Å². The lowest BCUT2D eigenvalue weighted by Crippen LogP contribution is -2.33. The molecule has 6 heteroatoms. The maximum Gasteiger partial charge on any atom is 0.229 e. The quantitative estimate of drug-likeness (QED) is 0.725. The molecule has 1 aliphatic rings. The van der Waals surface area contributed by atoms with Gasteiger partial charge in [-0.1, -0.05) is 26.3 Å². The Hall–Kier alpha value is -2.65. The molecule has 148 valence electrons. The van der Waals surface area contributed by atoms with E-state index in [9.17, 15) is 5.26 Å². The predicted octanol–water partition coefficient (Wildman–Crippen LogP) is 3.93. The van der Waals surface area contributed by atoms with Gasteiger partial charge in [0.1, 0.15) is 5.82 Å². The van der Waals surface area contributed by atoms with Gasteiger partial charge in [-0.05, 0) is 50.4 Å². The average molecular weight is 379 g/mol. The number of hydrogen-bond donors (Lipinski definition) is 2. The first-order chi connectivity index (χ1) is 13.6. The van der Waals surface area contributed by atoms with Crippen LogP contribution in [0.4, 0.5) is 17.5 Å². The number of hydrogen-bond acceptors (Lipinski definition) is 6. The zero-order valence-corrected chi connectivity index (χ0v) is 17.1. The fourth-order valence-electron chi connectivity index (χ4n) is 3.52.